The third-order valence-corrected chi connectivity index (χ3v) is 9.01. The fraction of sp³-hybridized carbons (Fsp3) is 0.562. The number of anilines is 1. The van der Waals surface area contributed by atoms with Gasteiger partial charge in [-0.1, -0.05) is 39.0 Å². The maximum absolute atomic E-state index is 13.3. The Bertz CT molecular complexity index is 1160. The summed E-state index contributed by atoms with van der Waals surface area (Å²) in [4.78, 5) is 17.6. The molecule has 2 aromatic carbocycles. The van der Waals surface area contributed by atoms with Gasteiger partial charge in [-0.25, -0.2) is 0 Å². The molecule has 40 heavy (non-hydrogen) atoms. The molecule has 0 saturated carbocycles. The fourth-order valence-corrected chi connectivity index (χ4v) is 6.55. The van der Waals surface area contributed by atoms with Gasteiger partial charge in [-0.3, -0.25) is 4.79 Å². The van der Waals surface area contributed by atoms with Crippen molar-refractivity contribution in [2.45, 2.75) is 58.8 Å². The van der Waals surface area contributed by atoms with Gasteiger partial charge in [0.05, 0.1) is 21.3 Å². The number of hydrogen-bond donors (Lipinski definition) is 1. The number of hydrogen-bond acceptors (Lipinski definition) is 5. The number of ether oxygens (including phenoxy) is 3. The molecule has 0 atom stereocenters. The molecule has 2 fully saturated rings. The quantitative estimate of drug-likeness (QED) is 0.373. The van der Waals surface area contributed by atoms with E-state index in [0.717, 1.165) is 63.4 Å². The van der Waals surface area contributed by atoms with Crippen LogP contribution in [0.4, 0.5) is 5.69 Å². The van der Waals surface area contributed by atoms with Crippen molar-refractivity contribution in [2.24, 2.45) is 11.8 Å². The number of nitrogens with one attached hydrogen (secondary N) is 1. The number of carbonyl (C=O) groups is 1. The Labute approximate surface area is 245 Å². The van der Waals surface area contributed by atoms with Crippen LogP contribution in [0.15, 0.2) is 30.3 Å². The molecule has 0 radical (unpaired) electrons. The molecule has 0 bridgehead atoms. The molecule has 0 unspecified atom stereocenters. The Morgan fingerprint density at radius 2 is 1.48 bits per heavy atom. The number of amides is 1. The summed E-state index contributed by atoms with van der Waals surface area (Å²) in [6.07, 6.45) is 5.32. The van der Waals surface area contributed by atoms with Gasteiger partial charge in [-0.05, 0) is 85.3 Å². The Kier molecular flexibility index (Phi) is 10.2. The van der Waals surface area contributed by atoms with Crippen molar-refractivity contribution in [3.05, 3.63) is 47.0 Å². The van der Waals surface area contributed by atoms with E-state index in [9.17, 15) is 4.79 Å². The summed E-state index contributed by atoms with van der Waals surface area (Å²) in [7, 11) is 4.70. The maximum Gasteiger partial charge on any atom is 0.254 e. The highest BCUT2D eigenvalue weighted by molar-refractivity contribution is 7.80. The zero-order valence-electron chi connectivity index (χ0n) is 24.9. The zero-order chi connectivity index (χ0) is 28.8. The number of para-hydroxylation sites is 1. The molecular formula is C32H45N3O4S. The standard InChI is InChI=1S/C32H45N3O4S/c1-7-22-9-8-10-26(21(2)3)29(22)33-32(40)35-17-13-24(14-18-35)23-11-15-34(16-12-23)31(36)25-19-27(37-4)30(39-6)28(20-25)38-5/h8-10,19-21,23-24H,7,11-18H2,1-6H3,(H,33,40). The average molecular weight is 568 g/mol. The molecule has 7 nitrogen and oxygen atoms in total. The number of likely N-dealkylation sites (tertiary alicyclic amines) is 2. The number of piperidine rings is 2. The molecule has 8 heteroatoms. The molecule has 2 heterocycles. The van der Waals surface area contributed by atoms with Crippen molar-refractivity contribution in [1.29, 1.82) is 0 Å². The van der Waals surface area contributed by atoms with Crippen LogP contribution in [0.25, 0.3) is 0 Å². The molecule has 0 spiro atoms. The van der Waals surface area contributed by atoms with Crippen molar-refractivity contribution in [3.63, 3.8) is 0 Å². The van der Waals surface area contributed by atoms with E-state index >= 15 is 0 Å². The van der Waals surface area contributed by atoms with Crippen LogP contribution in [-0.4, -0.2) is 68.3 Å². The van der Waals surface area contributed by atoms with E-state index in [4.69, 9.17) is 26.4 Å². The molecular weight excluding hydrogens is 522 g/mol. The lowest BCUT2D eigenvalue weighted by atomic mass is 9.79. The van der Waals surface area contributed by atoms with Crippen molar-refractivity contribution < 1.29 is 19.0 Å². The summed E-state index contributed by atoms with van der Waals surface area (Å²) in [5.41, 5.74) is 4.39. The van der Waals surface area contributed by atoms with Crippen LogP contribution in [0, 0.1) is 11.8 Å². The van der Waals surface area contributed by atoms with Crippen molar-refractivity contribution in [2.75, 3.05) is 52.8 Å². The van der Waals surface area contributed by atoms with Gasteiger partial charge in [-0.2, -0.15) is 0 Å². The van der Waals surface area contributed by atoms with Crippen LogP contribution in [0.5, 0.6) is 17.2 Å². The molecule has 2 saturated heterocycles. The number of carbonyl (C=O) groups excluding carboxylic acids is 1. The summed E-state index contributed by atoms with van der Waals surface area (Å²) in [6, 6.07) is 10.0. The van der Waals surface area contributed by atoms with Gasteiger partial charge in [0.25, 0.3) is 5.91 Å². The Balaban J connectivity index is 1.31. The van der Waals surface area contributed by atoms with Crippen molar-refractivity contribution in [1.82, 2.24) is 9.80 Å². The van der Waals surface area contributed by atoms with Gasteiger partial charge in [0, 0.05) is 37.4 Å². The van der Waals surface area contributed by atoms with Gasteiger partial charge in [0.2, 0.25) is 5.75 Å². The van der Waals surface area contributed by atoms with Crippen LogP contribution < -0.4 is 19.5 Å². The number of rotatable bonds is 8. The van der Waals surface area contributed by atoms with Crippen LogP contribution in [0.1, 0.15) is 73.9 Å². The first-order valence-corrected chi connectivity index (χ1v) is 15.0. The molecule has 0 aliphatic carbocycles. The second-order valence-electron chi connectivity index (χ2n) is 11.2. The average Bonchev–Trinajstić information content (AvgIpc) is 2.99. The monoisotopic (exact) mass is 567 g/mol. The van der Waals surface area contributed by atoms with E-state index in [0.29, 0.717) is 40.6 Å². The van der Waals surface area contributed by atoms with Crippen LogP contribution in [0.3, 0.4) is 0 Å². The number of aryl methyl sites for hydroxylation is 1. The van der Waals surface area contributed by atoms with E-state index in [2.05, 4.69) is 49.2 Å². The molecule has 2 aliphatic heterocycles. The molecule has 218 valence electrons. The fourth-order valence-electron chi connectivity index (χ4n) is 6.27. The molecule has 0 aromatic heterocycles. The largest absolute Gasteiger partial charge is 0.493 e. The first-order valence-electron chi connectivity index (χ1n) is 14.6. The van der Waals surface area contributed by atoms with Crippen molar-refractivity contribution in [3.8, 4) is 17.2 Å². The second kappa shape index (κ2) is 13.6. The molecule has 2 aliphatic rings. The summed E-state index contributed by atoms with van der Waals surface area (Å²) in [5, 5.41) is 4.46. The van der Waals surface area contributed by atoms with Crippen LogP contribution >= 0.6 is 12.2 Å². The number of benzene rings is 2. The Morgan fingerprint density at radius 1 is 0.925 bits per heavy atom. The van der Waals surface area contributed by atoms with E-state index in [1.807, 2.05) is 4.90 Å². The van der Waals surface area contributed by atoms with E-state index in [1.165, 1.54) is 16.8 Å². The number of nitrogens with zero attached hydrogens (tertiary/aromatic N) is 2. The van der Waals surface area contributed by atoms with Gasteiger partial charge in [0.1, 0.15) is 0 Å². The molecule has 4 rings (SSSR count). The lowest BCUT2D eigenvalue weighted by Gasteiger charge is -2.41. The topological polar surface area (TPSA) is 63.3 Å². The molecule has 1 N–H and O–H groups in total. The Morgan fingerprint density at radius 3 is 1.95 bits per heavy atom. The second-order valence-corrected chi connectivity index (χ2v) is 11.6. The zero-order valence-corrected chi connectivity index (χ0v) is 25.7. The van der Waals surface area contributed by atoms with Gasteiger partial charge in [0.15, 0.2) is 16.6 Å². The third kappa shape index (κ3) is 6.48. The predicted octanol–water partition coefficient (Wildman–Crippen LogP) is 6.36. The lowest BCUT2D eigenvalue weighted by Crippen LogP contribution is -2.45. The van der Waals surface area contributed by atoms with Crippen molar-refractivity contribution >= 4 is 28.9 Å². The SMILES string of the molecule is CCc1cccc(C(C)C)c1NC(=S)N1CCC(C2CCN(C(=O)c3cc(OC)c(OC)c(OC)c3)CC2)CC1. The summed E-state index contributed by atoms with van der Waals surface area (Å²) < 4.78 is 16.3. The first kappa shape index (κ1) is 30.0. The first-order chi connectivity index (χ1) is 19.3. The van der Waals surface area contributed by atoms with Crippen LogP contribution in [0.2, 0.25) is 0 Å². The maximum atomic E-state index is 13.3. The highest BCUT2D eigenvalue weighted by Gasteiger charge is 2.32. The lowest BCUT2D eigenvalue weighted by molar-refractivity contribution is 0.0626. The van der Waals surface area contributed by atoms with E-state index in [-0.39, 0.29) is 5.91 Å². The smallest absolute Gasteiger partial charge is 0.254 e. The summed E-state index contributed by atoms with van der Waals surface area (Å²) in [5.74, 6) is 3.26. The minimum atomic E-state index is 0.0112. The number of methoxy groups -OCH3 is 3. The highest BCUT2D eigenvalue weighted by atomic mass is 32.1. The van der Waals surface area contributed by atoms with E-state index < -0.39 is 0 Å². The minimum Gasteiger partial charge on any atom is -0.493 e. The van der Waals surface area contributed by atoms with Crippen LogP contribution in [-0.2, 0) is 6.42 Å². The van der Waals surface area contributed by atoms with Gasteiger partial charge < -0.3 is 29.3 Å². The summed E-state index contributed by atoms with van der Waals surface area (Å²) in [6.45, 7) is 10.2. The third-order valence-electron chi connectivity index (χ3n) is 8.65. The molecule has 2 aromatic rings. The van der Waals surface area contributed by atoms with Gasteiger partial charge in [-0.15, -0.1) is 0 Å². The summed E-state index contributed by atoms with van der Waals surface area (Å²) >= 11 is 5.89. The highest BCUT2D eigenvalue weighted by Crippen LogP contribution is 2.39. The van der Waals surface area contributed by atoms with E-state index in [1.54, 1.807) is 33.5 Å². The normalized spacial score (nSPS) is 16.7. The predicted molar refractivity (Wildman–Crippen MR) is 165 cm³/mol. The number of thiocarbonyl (C=S) groups is 1. The minimum absolute atomic E-state index is 0.0112. The van der Waals surface area contributed by atoms with Gasteiger partial charge >= 0.3 is 0 Å². The molecule has 1 amide bonds. The Hall–Kier alpha value is -3.00.